The van der Waals surface area contributed by atoms with Gasteiger partial charge in [-0.2, -0.15) is 0 Å². The molecule has 0 rings (SSSR count). The summed E-state index contributed by atoms with van der Waals surface area (Å²) in [5, 5.41) is 9.45. The molecule has 11 heavy (non-hydrogen) atoms. The Labute approximate surface area is 69.4 Å². The topological polar surface area (TPSA) is 20.2 Å². The normalized spacial score (nSPS) is 15.3. The Kier molecular flexibility index (Phi) is 4.88. The van der Waals surface area contributed by atoms with Crippen LogP contribution in [0.3, 0.4) is 0 Å². The Morgan fingerprint density at radius 2 is 2.09 bits per heavy atom. The Morgan fingerprint density at radius 1 is 1.55 bits per heavy atom. The maximum Gasteiger partial charge on any atom is 0.0634 e. The maximum absolute atomic E-state index is 9.45. The molecule has 2 atom stereocenters. The average Bonchev–Trinajstić information content (AvgIpc) is 1.98. The van der Waals surface area contributed by atoms with Gasteiger partial charge in [0.1, 0.15) is 0 Å². The van der Waals surface area contributed by atoms with E-state index in [2.05, 4.69) is 6.58 Å². The van der Waals surface area contributed by atoms with Gasteiger partial charge in [0, 0.05) is 5.92 Å². The van der Waals surface area contributed by atoms with Crippen LogP contribution < -0.4 is 0 Å². The zero-order chi connectivity index (χ0) is 8.85. The van der Waals surface area contributed by atoms with Crippen LogP contribution in [0.4, 0.5) is 0 Å². The van der Waals surface area contributed by atoms with E-state index in [1.165, 1.54) is 5.57 Å². The van der Waals surface area contributed by atoms with Crippen molar-refractivity contribution in [1.82, 2.24) is 0 Å². The zero-order valence-electron chi connectivity index (χ0n) is 7.67. The van der Waals surface area contributed by atoms with Gasteiger partial charge in [0.15, 0.2) is 0 Å². The smallest absolute Gasteiger partial charge is 0.0634 e. The number of rotatable bonds is 4. The third-order valence-electron chi connectivity index (χ3n) is 1.66. The molecule has 0 fully saturated rings. The van der Waals surface area contributed by atoms with Crippen molar-refractivity contribution in [3.05, 3.63) is 24.3 Å². The van der Waals surface area contributed by atoms with Gasteiger partial charge in [0.25, 0.3) is 0 Å². The first kappa shape index (κ1) is 10.4. The first-order valence-electron chi connectivity index (χ1n) is 4.07. The largest absolute Gasteiger partial charge is 0.392 e. The Morgan fingerprint density at radius 3 is 2.36 bits per heavy atom. The van der Waals surface area contributed by atoms with Crippen molar-refractivity contribution in [3.8, 4) is 0 Å². The van der Waals surface area contributed by atoms with E-state index in [-0.39, 0.29) is 12.0 Å². The molecule has 0 bridgehead atoms. The molecule has 1 nitrogen and oxygen atoms in total. The van der Waals surface area contributed by atoms with Crippen LogP contribution in [0.15, 0.2) is 24.3 Å². The molecule has 0 aliphatic heterocycles. The van der Waals surface area contributed by atoms with Gasteiger partial charge >= 0.3 is 0 Å². The second kappa shape index (κ2) is 5.14. The summed E-state index contributed by atoms with van der Waals surface area (Å²) in [6.45, 7) is 9.70. The van der Waals surface area contributed by atoms with Crippen LogP contribution in [0.5, 0.6) is 0 Å². The molecule has 64 valence electrons. The SMILES string of the molecule is C=C[C@@H](C=C(C)C)[C@H](O)CC. The van der Waals surface area contributed by atoms with Crippen LogP contribution in [0.1, 0.15) is 27.2 Å². The first-order valence-corrected chi connectivity index (χ1v) is 4.07. The molecule has 0 unspecified atom stereocenters. The van der Waals surface area contributed by atoms with Crippen molar-refractivity contribution in [2.24, 2.45) is 5.92 Å². The highest BCUT2D eigenvalue weighted by atomic mass is 16.3. The van der Waals surface area contributed by atoms with Gasteiger partial charge in [-0.25, -0.2) is 0 Å². The van der Waals surface area contributed by atoms with Crippen molar-refractivity contribution in [2.45, 2.75) is 33.3 Å². The summed E-state index contributed by atoms with van der Waals surface area (Å²) in [6, 6.07) is 0. The predicted molar refractivity (Wildman–Crippen MR) is 49.4 cm³/mol. The average molecular weight is 154 g/mol. The zero-order valence-corrected chi connectivity index (χ0v) is 7.67. The fourth-order valence-electron chi connectivity index (χ4n) is 0.993. The molecule has 0 aromatic carbocycles. The van der Waals surface area contributed by atoms with Gasteiger partial charge in [-0.15, -0.1) is 6.58 Å². The van der Waals surface area contributed by atoms with Gasteiger partial charge in [0.05, 0.1) is 6.10 Å². The molecule has 0 heterocycles. The molecule has 0 amide bonds. The van der Waals surface area contributed by atoms with E-state index in [0.717, 1.165) is 6.42 Å². The van der Waals surface area contributed by atoms with Gasteiger partial charge < -0.3 is 5.11 Å². The maximum atomic E-state index is 9.45. The molecule has 0 aromatic heterocycles. The van der Waals surface area contributed by atoms with Gasteiger partial charge in [-0.1, -0.05) is 24.6 Å². The predicted octanol–water partition coefficient (Wildman–Crippen LogP) is 2.53. The van der Waals surface area contributed by atoms with Crippen molar-refractivity contribution in [3.63, 3.8) is 0 Å². The third-order valence-corrected chi connectivity index (χ3v) is 1.66. The van der Waals surface area contributed by atoms with E-state index in [1.807, 2.05) is 26.8 Å². The van der Waals surface area contributed by atoms with Crippen LogP contribution in [0.25, 0.3) is 0 Å². The Balaban J connectivity index is 4.16. The second-order valence-electron chi connectivity index (χ2n) is 3.03. The molecular formula is C10H18O. The fourth-order valence-corrected chi connectivity index (χ4v) is 0.993. The van der Waals surface area contributed by atoms with E-state index in [0.29, 0.717) is 0 Å². The minimum Gasteiger partial charge on any atom is -0.392 e. The van der Waals surface area contributed by atoms with Crippen LogP contribution in [0, 0.1) is 5.92 Å². The monoisotopic (exact) mass is 154 g/mol. The summed E-state index contributed by atoms with van der Waals surface area (Å²) in [7, 11) is 0. The van der Waals surface area contributed by atoms with E-state index in [9.17, 15) is 5.11 Å². The quantitative estimate of drug-likeness (QED) is 0.617. The lowest BCUT2D eigenvalue weighted by Gasteiger charge is -2.14. The van der Waals surface area contributed by atoms with Crippen LogP contribution in [-0.4, -0.2) is 11.2 Å². The molecule has 0 aliphatic carbocycles. The van der Waals surface area contributed by atoms with Crippen LogP contribution >= 0.6 is 0 Å². The minimum atomic E-state index is -0.276. The number of hydrogen-bond donors (Lipinski definition) is 1. The Bertz CT molecular complexity index is 143. The molecule has 0 saturated heterocycles. The molecule has 0 aliphatic rings. The summed E-state index contributed by atoms with van der Waals surface area (Å²) >= 11 is 0. The fraction of sp³-hybridized carbons (Fsp3) is 0.600. The van der Waals surface area contributed by atoms with Crippen molar-refractivity contribution < 1.29 is 5.11 Å². The minimum absolute atomic E-state index is 0.116. The van der Waals surface area contributed by atoms with Crippen molar-refractivity contribution in [1.29, 1.82) is 0 Å². The van der Waals surface area contributed by atoms with Crippen molar-refractivity contribution >= 4 is 0 Å². The number of aliphatic hydroxyl groups excluding tert-OH is 1. The summed E-state index contributed by atoms with van der Waals surface area (Å²) in [4.78, 5) is 0. The molecule has 0 saturated carbocycles. The summed E-state index contributed by atoms with van der Waals surface area (Å²) < 4.78 is 0. The number of aliphatic hydroxyl groups is 1. The molecular weight excluding hydrogens is 136 g/mol. The molecule has 1 heteroatoms. The molecule has 1 N–H and O–H groups in total. The van der Waals surface area contributed by atoms with E-state index >= 15 is 0 Å². The van der Waals surface area contributed by atoms with Crippen molar-refractivity contribution in [2.75, 3.05) is 0 Å². The highest BCUT2D eigenvalue weighted by Gasteiger charge is 2.09. The van der Waals surface area contributed by atoms with Crippen LogP contribution in [-0.2, 0) is 0 Å². The Hall–Kier alpha value is -0.560. The highest BCUT2D eigenvalue weighted by Crippen LogP contribution is 2.12. The van der Waals surface area contributed by atoms with Gasteiger partial charge in [0.2, 0.25) is 0 Å². The molecule has 0 radical (unpaired) electrons. The second-order valence-corrected chi connectivity index (χ2v) is 3.03. The lowest BCUT2D eigenvalue weighted by molar-refractivity contribution is 0.144. The first-order chi connectivity index (χ1) is 5.11. The van der Waals surface area contributed by atoms with E-state index in [4.69, 9.17) is 0 Å². The number of allylic oxidation sites excluding steroid dienone is 1. The van der Waals surface area contributed by atoms with Gasteiger partial charge in [-0.3, -0.25) is 0 Å². The van der Waals surface area contributed by atoms with E-state index in [1.54, 1.807) is 6.08 Å². The lowest BCUT2D eigenvalue weighted by atomic mass is 9.98. The summed E-state index contributed by atoms with van der Waals surface area (Å²) in [5.41, 5.74) is 1.22. The third kappa shape index (κ3) is 3.99. The van der Waals surface area contributed by atoms with E-state index < -0.39 is 0 Å². The standard InChI is InChI=1S/C10H18O/c1-5-9(7-8(3)4)10(11)6-2/h5,7,9-11H,1,6H2,2-4H3/t9-,10+/m0/s1. The van der Waals surface area contributed by atoms with Crippen LogP contribution in [0.2, 0.25) is 0 Å². The number of hydrogen-bond acceptors (Lipinski definition) is 1. The lowest BCUT2D eigenvalue weighted by Crippen LogP contribution is -2.15. The highest BCUT2D eigenvalue weighted by molar-refractivity contribution is 5.05. The molecule has 0 aromatic rings. The van der Waals surface area contributed by atoms with Gasteiger partial charge in [-0.05, 0) is 20.3 Å². The molecule has 0 spiro atoms. The summed E-state index contributed by atoms with van der Waals surface area (Å²) in [5.74, 6) is 0.116. The summed E-state index contributed by atoms with van der Waals surface area (Å²) in [6.07, 6.45) is 4.34.